The van der Waals surface area contributed by atoms with Crippen LogP contribution in [0, 0.1) is 0 Å². The van der Waals surface area contributed by atoms with E-state index in [1.165, 1.54) is 6.20 Å². The van der Waals surface area contributed by atoms with Crippen molar-refractivity contribution < 1.29 is 13.2 Å². The second-order valence-corrected chi connectivity index (χ2v) is 5.21. The smallest absolute Gasteiger partial charge is 0.300 e. The van der Waals surface area contributed by atoms with E-state index < -0.39 is 11.7 Å². The van der Waals surface area contributed by atoms with Crippen LogP contribution in [0.3, 0.4) is 0 Å². The lowest BCUT2D eigenvalue weighted by molar-refractivity contribution is -0.137. The first-order chi connectivity index (χ1) is 9.45. The Morgan fingerprint density at radius 3 is 2.40 bits per heavy atom. The summed E-state index contributed by atoms with van der Waals surface area (Å²) in [7, 11) is 0. The molecular formula is C14H8BrF3N2. The fraction of sp³-hybridized carbons (Fsp3) is 0.0714. The summed E-state index contributed by atoms with van der Waals surface area (Å²) in [5.41, 5.74) is 1.22. The van der Waals surface area contributed by atoms with E-state index in [4.69, 9.17) is 0 Å². The number of alkyl halides is 3. The summed E-state index contributed by atoms with van der Waals surface area (Å²) in [6.45, 7) is 0. The van der Waals surface area contributed by atoms with Gasteiger partial charge in [0.2, 0.25) is 0 Å². The van der Waals surface area contributed by atoms with E-state index in [0.717, 1.165) is 27.9 Å². The molecule has 0 amide bonds. The molecule has 1 aromatic carbocycles. The van der Waals surface area contributed by atoms with Crippen molar-refractivity contribution in [3.05, 3.63) is 58.8 Å². The maximum Gasteiger partial charge on any atom is 0.416 e. The van der Waals surface area contributed by atoms with Crippen molar-refractivity contribution >= 4 is 21.6 Å². The van der Waals surface area contributed by atoms with Crippen LogP contribution in [0.2, 0.25) is 0 Å². The van der Waals surface area contributed by atoms with Crippen LogP contribution in [0.1, 0.15) is 5.56 Å². The second kappa shape index (κ2) is 4.63. The maximum atomic E-state index is 12.6. The van der Waals surface area contributed by atoms with E-state index >= 15 is 0 Å². The van der Waals surface area contributed by atoms with Crippen molar-refractivity contribution in [3.63, 3.8) is 0 Å². The molecule has 3 aromatic rings. The van der Waals surface area contributed by atoms with Gasteiger partial charge < -0.3 is 0 Å². The largest absolute Gasteiger partial charge is 0.416 e. The maximum absolute atomic E-state index is 12.6. The summed E-state index contributed by atoms with van der Waals surface area (Å²) < 4.78 is 40.5. The molecule has 0 saturated heterocycles. The fourth-order valence-corrected chi connectivity index (χ4v) is 2.26. The van der Waals surface area contributed by atoms with Crippen molar-refractivity contribution in [3.8, 4) is 11.3 Å². The molecule has 0 aliphatic carbocycles. The van der Waals surface area contributed by atoms with Gasteiger partial charge in [0, 0.05) is 16.2 Å². The quantitative estimate of drug-likeness (QED) is 0.623. The van der Waals surface area contributed by atoms with Gasteiger partial charge in [-0.05, 0) is 24.3 Å². The van der Waals surface area contributed by atoms with E-state index in [9.17, 15) is 13.2 Å². The van der Waals surface area contributed by atoms with Crippen LogP contribution >= 0.6 is 15.9 Å². The lowest BCUT2D eigenvalue weighted by Gasteiger charge is -2.07. The summed E-state index contributed by atoms with van der Waals surface area (Å²) in [5, 5.41) is 0. The van der Waals surface area contributed by atoms with Gasteiger partial charge in [-0.25, -0.2) is 4.98 Å². The van der Waals surface area contributed by atoms with Gasteiger partial charge in [0.15, 0.2) is 0 Å². The molecule has 6 heteroatoms. The van der Waals surface area contributed by atoms with Gasteiger partial charge in [0.1, 0.15) is 5.65 Å². The molecule has 2 heterocycles. The zero-order valence-electron chi connectivity index (χ0n) is 10.0. The van der Waals surface area contributed by atoms with E-state index in [1.54, 1.807) is 10.6 Å². The van der Waals surface area contributed by atoms with Crippen molar-refractivity contribution in [1.82, 2.24) is 9.38 Å². The molecule has 0 bridgehead atoms. The Morgan fingerprint density at radius 1 is 1.05 bits per heavy atom. The molecule has 0 aliphatic rings. The molecule has 20 heavy (non-hydrogen) atoms. The highest BCUT2D eigenvalue weighted by atomic mass is 79.9. The van der Waals surface area contributed by atoms with Crippen LogP contribution in [0.25, 0.3) is 16.9 Å². The first-order valence-corrected chi connectivity index (χ1v) is 6.55. The monoisotopic (exact) mass is 340 g/mol. The minimum atomic E-state index is -4.36. The molecule has 102 valence electrons. The Bertz CT molecular complexity index is 760. The molecule has 3 rings (SSSR count). The van der Waals surface area contributed by atoms with Crippen molar-refractivity contribution in [1.29, 1.82) is 0 Å². The standard InChI is InChI=1S/C14H8BrF3N2/c15-11-3-1-9(2-4-11)12-8-19-13-7-10(14(16,17)18)5-6-20(12)13/h1-8H. The third-order valence-electron chi connectivity index (χ3n) is 2.98. The molecule has 0 atom stereocenters. The predicted molar refractivity (Wildman–Crippen MR) is 73.3 cm³/mol. The van der Waals surface area contributed by atoms with E-state index in [2.05, 4.69) is 20.9 Å². The molecule has 0 saturated carbocycles. The van der Waals surface area contributed by atoms with E-state index in [0.29, 0.717) is 0 Å². The SMILES string of the molecule is FC(F)(F)c1ccn2c(-c3ccc(Br)cc3)cnc2c1. The minimum Gasteiger partial charge on any atom is -0.300 e. The Morgan fingerprint density at radius 2 is 1.75 bits per heavy atom. The molecule has 0 radical (unpaired) electrons. The van der Waals surface area contributed by atoms with Gasteiger partial charge >= 0.3 is 6.18 Å². The van der Waals surface area contributed by atoms with Gasteiger partial charge in [0.25, 0.3) is 0 Å². The van der Waals surface area contributed by atoms with Crippen molar-refractivity contribution in [2.75, 3.05) is 0 Å². The van der Waals surface area contributed by atoms with Gasteiger partial charge in [0.05, 0.1) is 17.5 Å². The van der Waals surface area contributed by atoms with Crippen LogP contribution in [0.5, 0.6) is 0 Å². The zero-order chi connectivity index (χ0) is 14.3. The third-order valence-corrected chi connectivity index (χ3v) is 3.51. The zero-order valence-corrected chi connectivity index (χ0v) is 11.6. The summed E-state index contributed by atoms with van der Waals surface area (Å²) in [6, 6.07) is 9.60. The third kappa shape index (κ3) is 2.31. The number of fused-ring (bicyclic) bond motifs is 1. The van der Waals surface area contributed by atoms with Gasteiger partial charge in [-0.1, -0.05) is 28.1 Å². The topological polar surface area (TPSA) is 17.3 Å². The van der Waals surface area contributed by atoms with Crippen molar-refractivity contribution in [2.24, 2.45) is 0 Å². The van der Waals surface area contributed by atoms with Crippen molar-refractivity contribution in [2.45, 2.75) is 6.18 Å². The highest BCUT2D eigenvalue weighted by molar-refractivity contribution is 9.10. The predicted octanol–water partition coefficient (Wildman–Crippen LogP) is 4.78. The highest BCUT2D eigenvalue weighted by Gasteiger charge is 2.30. The number of hydrogen-bond donors (Lipinski definition) is 0. The minimum absolute atomic E-state index is 0.276. The summed E-state index contributed by atoms with van der Waals surface area (Å²) in [5.74, 6) is 0. The van der Waals surface area contributed by atoms with E-state index in [-0.39, 0.29) is 5.65 Å². The number of hydrogen-bond acceptors (Lipinski definition) is 1. The first-order valence-electron chi connectivity index (χ1n) is 5.75. The lowest BCUT2D eigenvalue weighted by atomic mass is 10.2. The Balaban J connectivity index is 2.13. The second-order valence-electron chi connectivity index (χ2n) is 4.29. The van der Waals surface area contributed by atoms with Gasteiger partial charge in [-0.15, -0.1) is 0 Å². The Labute approximate surface area is 121 Å². The van der Waals surface area contributed by atoms with E-state index in [1.807, 2.05) is 24.3 Å². The highest BCUT2D eigenvalue weighted by Crippen LogP contribution is 2.31. The molecule has 0 N–H and O–H groups in total. The Hall–Kier alpha value is -1.82. The number of pyridine rings is 1. The van der Waals surface area contributed by atoms with Crippen LogP contribution < -0.4 is 0 Å². The first kappa shape index (κ1) is 13.2. The molecule has 0 spiro atoms. The molecular weight excluding hydrogens is 333 g/mol. The number of halogens is 4. The fourth-order valence-electron chi connectivity index (χ4n) is 1.99. The number of aromatic nitrogens is 2. The average molecular weight is 341 g/mol. The molecule has 2 nitrogen and oxygen atoms in total. The number of rotatable bonds is 1. The summed E-state index contributed by atoms with van der Waals surface area (Å²) >= 11 is 3.34. The van der Waals surface area contributed by atoms with Crippen LogP contribution in [-0.2, 0) is 6.18 Å². The number of imidazole rings is 1. The average Bonchev–Trinajstić information content (AvgIpc) is 2.81. The van der Waals surface area contributed by atoms with Crippen LogP contribution in [-0.4, -0.2) is 9.38 Å². The van der Waals surface area contributed by atoms with Crippen LogP contribution in [0.15, 0.2) is 53.3 Å². The Kier molecular flexibility index (Phi) is 3.05. The summed E-state index contributed by atoms with van der Waals surface area (Å²) in [4.78, 5) is 4.04. The normalized spacial score (nSPS) is 12.0. The number of benzene rings is 1. The lowest BCUT2D eigenvalue weighted by Crippen LogP contribution is -2.05. The van der Waals surface area contributed by atoms with Gasteiger partial charge in [-0.2, -0.15) is 13.2 Å². The van der Waals surface area contributed by atoms with Crippen LogP contribution in [0.4, 0.5) is 13.2 Å². The molecule has 0 aliphatic heterocycles. The summed E-state index contributed by atoms with van der Waals surface area (Å²) in [6.07, 6.45) is -1.40. The number of nitrogens with zero attached hydrogens (tertiary/aromatic N) is 2. The molecule has 0 unspecified atom stereocenters. The van der Waals surface area contributed by atoms with Gasteiger partial charge in [-0.3, -0.25) is 4.40 Å². The molecule has 0 fully saturated rings. The molecule has 2 aromatic heterocycles.